The van der Waals surface area contributed by atoms with Crippen molar-refractivity contribution >= 4 is 17.2 Å². The molecule has 0 aromatic carbocycles. The maximum absolute atomic E-state index is 12.2. The van der Waals surface area contributed by atoms with Crippen molar-refractivity contribution in [3.8, 4) is 0 Å². The first-order chi connectivity index (χ1) is 10.6. The van der Waals surface area contributed by atoms with Gasteiger partial charge in [0.05, 0.1) is 6.33 Å². The van der Waals surface area contributed by atoms with E-state index < -0.39 is 0 Å². The van der Waals surface area contributed by atoms with Crippen LogP contribution < -0.4 is 5.32 Å². The molecule has 2 amide bonds. The molecular weight excluding hydrogens is 278 g/mol. The smallest absolute Gasteiger partial charge is 0.317 e. The molecule has 118 valence electrons. The SMILES string of the molecule is CC(C)NC(=O)N1CCCC(Cn2cnc3cccnc32)C1. The quantitative estimate of drug-likeness (QED) is 0.946. The fourth-order valence-electron chi connectivity index (χ4n) is 3.05. The minimum Gasteiger partial charge on any atom is -0.336 e. The van der Waals surface area contributed by atoms with Gasteiger partial charge in [0.1, 0.15) is 5.52 Å². The second-order valence-electron chi connectivity index (χ2n) is 6.30. The zero-order valence-corrected chi connectivity index (χ0v) is 13.2. The minimum absolute atomic E-state index is 0.0494. The van der Waals surface area contributed by atoms with Crippen molar-refractivity contribution in [3.05, 3.63) is 24.7 Å². The molecule has 1 N–H and O–H groups in total. The number of nitrogens with zero attached hydrogens (tertiary/aromatic N) is 4. The van der Waals surface area contributed by atoms with Gasteiger partial charge in [0, 0.05) is 31.9 Å². The van der Waals surface area contributed by atoms with Gasteiger partial charge in [-0.1, -0.05) is 0 Å². The Labute approximate surface area is 130 Å². The zero-order chi connectivity index (χ0) is 15.5. The van der Waals surface area contributed by atoms with E-state index in [1.807, 2.05) is 37.2 Å². The monoisotopic (exact) mass is 301 g/mol. The van der Waals surface area contributed by atoms with Crippen molar-refractivity contribution in [1.29, 1.82) is 0 Å². The molecule has 0 saturated carbocycles. The van der Waals surface area contributed by atoms with Crippen molar-refractivity contribution in [2.24, 2.45) is 5.92 Å². The molecule has 0 aliphatic carbocycles. The molecule has 1 fully saturated rings. The van der Waals surface area contributed by atoms with E-state index in [-0.39, 0.29) is 12.1 Å². The molecule has 2 aromatic heterocycles. The lowest BCUT2D eigenvalue weighted by atomic mass is 9.98. The summed E-state index contributed by atoms with van der Waals surface area (Å²) in [6.45, 7) is 6.48. The maximum atomic E-state index is 12.2. The van der Waals surface area contributed by atoms with Crippen molar-refractivity contribution in [3.63, 3.8) is 0 Å². The molecule has 1 saturated heterocycles. The van der Waals surface area contributed by atoms with Gasteiger partial charge in [-0.2, -0.15) is 0 Å². The highest BCUT2D eigenvalue weighted by Crippen LogP contribution is 2.20. The number of carbonyl (C=O) groups excluding carboxylic acids is 1. The number of pyridine rings is 1. The molecule has 1 aliphatic heterocycles. The van der Waals surface area contributed by atoms with Crippen molar-refractivity contribution in [2.75, 3.05) is 13.1 Å². The molecule has 0 spiro atoms. The number of imidazole rings is 1. The van der Waals surface area contributed by atoms with E-state index in [1.165, 1.54) is 0 Å². The Morgan fingerprint density at radius 1 is 1.45 bits per heavy atom. The second-order valence-corrected chi connectivity index (χ2v) is 6.30. The molecule has 6 heteroatoms. The van der Waals surface area contributed by atoms with E-state index >= 15 is 0 Å². The fourth-order valence-corrected chi connectivity index (χ4v) is 3.05. The lowest BCUT2D eigenvalue weighted by molar-refractivity contribution is 0.158. The first kappa shape index (κ1) is 14.8. The second kappa shape index (κ2) is 6.34. The molecule has 2 aromatic rings. The first-order valence-electron chi connectivity index (χ1n) is 7.95. The van der Waals surface area contributed by atoms with Gasteiger partial charge in [-0.3, -0.25) is 0 Å². The summed E-state index contributed by atoms with van der Waals surface area (Å²) >= 11 is 0. The van der Waals surface area contributed by atoms with Crippen LogP contribution in [0.4, 0.5) is 4.79 Å². The first-order valence-corrected chi connectivity index (χ1v) is 7.95. The number of fused-ring (bicyclic) bond motifs is 1. The summed E-state index contributed by atoms with van der Waals surface area (Å²) in [5.41, 5.74) is 1.85. The summed E-state index contributed by atoms with van der Waals surface area (Å²) in [7, 11) is 0. The van der Waals surface area contributed by atoms with Gasteiger partial charge in [0.15, 0.2) is 5.65 Å². The Balaban J connectivity index is 1.66. The molecule has 1 unspecified atom stereocenters. The van der Waals surface area contributed by atoms with Gasteiger partial charge in [-0.15, -0.1) is 0 Å². The topological polar surface area (TPSA) is 63.1 Å². The Bertz CT molecular complexity index is 651. The zero-order valence-electron chi connectivity index (χ0n) is 13.2. The molecule has 0 bridgehead atoms. The maximum Gasteiger partial charge on any atom is 0.317 e. The largest absolute Gasteiger partial charge is 0.336 e. The van der Waals surface area contributed by atoms with E-state index in [4.69, 9.17) is 0 Å². The van der Waals surface area contributed by atoms with E-state index in [1.54, 1.807) is 6.20 Å². The van der Waals surface area contributed by atoms with Crippen molar-refractivity contribution < 1.29 is 4.79 Å². The van der Waals surface area contributed by atoms with Crippen LogP contribution in [0.3, 0.4) is 0 Å². The predicted molar refractivity (Wildman–Crippen MR) is 85.5 cm³/mol. The van der Waals surface area contributed by atoms with Crippen LogP contribution in [0.25, 0.3) is 11.2 Å². The normalized spacial score (nSPS) is 18.9. The van der Waals surface area contributed by atoms with E-state index in [9.17, 15) is 4.79 Å². The average molecular weight is 301 g/mol. The Hall–Kier alpha value is -2.11. The molecule has 1 aliphatic rings. The summed E-state index contributed by atoms with van der Waals surface area (Å²) in [5, 5.41) is 2.98. The molecule has 0 radical (unpaired) electrons. The Morgan fingerprint density at radius 3 is 3.14 bits per heavy atom. The standard InChI is InChI=1S/C16H23N5O/c1-12(2)19-16(22)20-8-4-5-13(9-20)10-21-11-18-14-6-3-7-17-15(14)21/h3,6-7,11-13H,4-5,8-10H2,1-2H3,(H,19,22). The third kappa shape index (κ3) is 3.21. The lowest BCUT2D eigenvalue weighted by Crippen LogP contribution is -2.48. The average Bonchev–Trinajstić information content (AvgIpc) is 2.90. The van der Waals surface area contributed by atoms with Crippen LogP contribution in [0.2, 0.25) is 0 Å². The molecule has 3 heterocycles. The van der Waals surface area contributed by atoms with Crippen LogP contribution in [-0.2, 0) is 6.54 Å². The summed E-state index contributed by atoms with van der Waals surface area (Å²) in [6.07, 6.45) is 5.84. The molecule has 6 nitrogen and oxygen atoms in total. The van der Waals surface area contributed by atoms with E-state index in [0.717, 1.165) is 43.6 Å². The van der Waals surface area contributed by atoms with Crippen LogP contribution in [-0.4, -0.2) is 44.6 Å². The van der Waals surface area contributed by atoms with Crippen LogP contribution in [0.1, 0.15) is 26.7 Å². The van der Waals surface area contributed by atoms with Crippen LogP contribution >= 0.6 is 0 Å². The predicted octanol–water partition coefficient (Wildman–Crippen LogP) is 2.26. The van der Waals surface area contributed by atoms with E-state index in [0.29, 0.717) is 5.92 Å². The van der Waals surface area contributed by atoms with Gasteiger partial charge < -0.3 is 14.8 Å². The highest BCUT2D eigenvalue weighted by Gasteiger charge is 2.24. The molecule has 22 heavy (non-hydrogen) atoms. The van der Waals surface area contributed by atoms with Crippen molar-refractivity contribution in [1.82, 2.24) is 24.8 Å². The van der Waals surface area contributed by atoms with E-state index in [2.05, 4.69) is 19.9 Å². The Morgan fingerprint density at radius 2 is 2.32 bits per heavy atom. The molecular formula is C16H23N5O. The van der Waals surface area contributed by atoms with Crippen LogP contribution in [0.15, 0.2) is 24.7 Å². The summed E-state index contributed by atoms with van der Waals surface area (Å²) in [6, 6.07) is 4.10. The Kier molecular flexibility index (Phi) is 4.27. The lowest BCUT2D eigenvalue weighted by Gasteiger charge is -2.33. The number of amides is 2. The number of likely N-dealkylation sites (tertiary alicyclic amines) is 1. The number of rotatable bonds is 3. The third-order valence-electron chi connectivity index (χ3n) is 4.05. The summed E-state index contributed by atoms with van der Waals surface area (Å²) in [5.74, 6) is 0.450. The highest BCUT2D eigenvalue weighted by molar-refractivity contribution is 5.74. The van der Waals surface area contributed by atoms with Gasteiger partial charge in [-0.05, 0) is 44.7 Å². The summed E-state index contributed by atoms with van der Waals surface area (Å²) in [4.78, 5) is 22.9. The fraction of sp³-hybridized carbons (Fsp3) is 0.562. The van der Waals surface area contributed by atoms with Crippen LogP contribution in [0.5, 0.6) is 0 Å². The van der Waals surface area contributed by atoms with Gasteiger partial charge in [0.2, 0.25) is 0 Å². The van der Waals surface area contributed by atoms with Gasteiger partial charge in [-0.25, -0.2) is 14.8 Å². The van der Waals surface area contributed by atoms with Gasteiger partial charge in [0.25, 0.3) is 0 Å². The number of piperidine rings is 1. The molecule has 1 atom stereocenters. The number of hydrogen-bond acceptors (Lipinski definition) is 3. The third-order valence-corrected chi connectivity index (χ3v) is 4.05. The molecule has 3 rings (SSSR count). The van der Waals surface area contributed by atoms with Crippen LogP contribution in [0, 0.1) is 5.92 Å². The van der Waals surface area contributed by atoms with Gasteiger partial charge >= 0.3 is 6.03 Å². The van der Waals surface area contributed by atoms with Crippen molar-refractivity contribution in [2.45, 2.75) is 39.3 Å². The number of nitrogens with one attached hydrogen (secondary N) is 1. The number of urea groups is 1. The summed E-state index contributed by atoms with van der Waals surface area (Å²) < 4.78 is 2.10. The number of hydrogen-bond donors (Lipinski definition) is 1. The number of carbonyl (C=O) groups is 1. The minimum atomic E-state index is 0.0494. The highest BCUT2D eigenvalue weighted by atomic mass is 16.2. The number of aromatic nitrogens is 3.